The van der Waals surface area contributed by atoms with Crippen LogP contribution in [0.2, 0.25) is 0 Å². The topological polar surface area (TPSA) is 121 Å². The summed E-state index contributed by atoms with van der Waals surface area (Å²) in [4.78, 5) is 36.8. The number of aryl methyl sites for hydroxylation is 2. The summed E-state index contributed by atoms with van der Waals surface area (Å²) in [6.45, 7) is 4.87. The van der Waals surface area contributed by atoms with E-state index in [1.807, 2.05) is 0 Å². The summed E-state index contributed by atoms with van der Waals surface area (Å²) in [6, 6.07) is 1.56. The lowest BCUT2D eigenvalue weighted by atomic mass is 10.1. The minimum absolute atomic E-state index is 0.0448. The standard InChI is InChI=1S/C17H20N2O6S/c1-5-23-17(22)12-11(13(15(20)19-4)26-14(12)18)7-24-16(21)10-6-8(2)25-9(10)3/h6H,5,7,18H2,1-4H3,(H,19,20). The van der Waals surface area contributed by atoms with Crippen molar-refractivity contribution < 1.29 is 28.3 Å². The van der Waals surface area contributed by atoms with Crippen LogP contribution >= 0.6 is 11.3 Å². The number of hydrogen-bond acceptors (Lipinski definition) is 8. The van der Waals surface area contributed by atoms with E-state index in [0.717, 1.165) is 11.3 Å². The van der Waals surface area contributed by atoms with E-state index in [9.17, 15) is 14.4 Å². The number of carbonyl (C=O) groups excluding carboxylic acids is 3. The normalized spacial score (nSPS) is 10.5. The highest BCUT2D eigenvalue weighted by Crippen LogP contribution is 2.33. The van der Waals surface area contributed by atoms with Gasteiger partial charge >= 0.3 is 11.9 Å². The van der Waals surface area contributed by atoms with Crippen molar-refractivity contribution >= 4 is 34.2 Å². The molecule has 0 saturated carbocycles. The Hall–Kier alpha value is -2.81. The number of esters is 2. The third-order valence-electron chi connectivity index (χ3n) is 3.56. The van der Waals surface area contributed by atoms with Gasteiger partial charge in [0.1, 0.15) is 39.1 Å². The van der Waals surface area contributed by atoms with Crippen LogP contribution in [0.1, 0.15) is 54.4 Å². The maximum Gasteiger partial charge on any atom is 0.342 e. The zero-order valence-corrected chi connectivity index (χ0v) is 15.7. The Balaban J connectivity index is 2.34. The Kier molecular flexibility index (Phi) is 6.04. The van der Waals surface area contributed by atoms with Gasteiger partial charge in [0, 0.05) is 12.6 Å². The van der Waals surface area contributed by atoms with E-state index in [2.05, 4.69) is 5.32 Å². The molecular weight excluding hydrogens is 360 g/mol. The fourth-order valence-electron chi connectivity index (χ4n) is 2.40. The highest BCUT2D eigenvalue weighted by Gasteiger charge is 2.28. The molecule has 0 saturated heterocycles. The van der Waals surface area contributed by atoms with Gasteiger partial charge in [-0.15, -0.1) is 11.3 Å². The number of ether oxygens (including phenoxy) is 2. The fraction of sp³-hybridized carbons (Fsp3) is 0.353. The van der Waals surface area contributed by atoms with Crippen LogP contribution < -0.4 is 11.1 Å². The summed E-state index contributed by atoms with van der Waals surface area (Å²) in [5.41, 5.74) is 6.44. The second-order valence-electron chi connectivity index (χ2n) is 5.35. The fourth-order valence-corrected chi connectivity index (χ4v) is 3.40. The van der Waals surface area contributed by atoms with Crippen molar-refractivity contribution in [2.75, 3.05) is 19.4 Å². The first-order valence-corrected chi connectivity index (χ1v) is 8.66. The average Bonchev–Trinajstić information content (AvgIpc) is 3.10. The molecule has 0 aliphatic carbocycles. The zero-order valence-electron chi connectivity index (χ0n) is 14.9. The number of furan rings is 1. The van der Waals surface area contributed by atoms with Crippen molar-refractivity contribution in [2.24, 2.45) is 0 Å². The van der Waals surface area contributed by atoms with Gasteiger partial charge in [0.25, 0.3) is 5.91 Å². The van der Waals surface area contributed by atoms with Crippen molar-refractivity contribution in [2.45, 2.75) is 27.4 Å². The number of hydrogen-bond donors (Lipinski definition) is 2. The zero-order chi connectivity index (χ0) is 19.4. The van der Waals surface area contributed by atoms with Crippen LogP contribution in [0, 0.1) is 13.8 Å². The monoisotopic (exact) mass is 380 g/mol. The first-order chi connectivity index (χ1) is 12.3. The summed E-state index contributed by atoms with van der Waals surface area (Å²) >= 11 is 0.938. The van der Waals surface area contributed by atoms with Gasteiger partial charge in [-0.05, 0) is 26.8 Å². The molecule has 0 aliphatic heterocycles. The van der Waals surface area contributed by atoms with Gasteiger partial charge in [-0.2, -0.15) is 0 Å². The van der Waals surface area contributed by atoms with Crippen molar-refractivity contribution in [3.05, 3.63) is 39.2 Å². The molecular formula is C17H20N2O6S. The second kappa shape index (κ2) is 8.05. The lowest BCUT2D eigenvalue weighted by Gasteiger charge is -2.08. The summed E-state index contributed by atoms with van der Waals surface area (Å²) in [7, 11) is 1.45. The molecule has 8 nitrogen and oxygen atoms in total. The number of nitrogens with two attached hydrogens (primary N) is 1. The smallest absolute Gasteiger partial charge is 0.342 e. The number of carbonyl (C=O) groups is 3. The number of nitrogen functional groups attached to an aromatic ring is 1. The Bertz CT molecular complexity index is 852. The highest BCUT2D eigenvalue weighted by atomic mass is 32.1. The van der Waals surface area contributed by atoms with E-state index in [1.165, 1.54) is 7.05 Å². The first kappa shape index (κ1) is 19.5. The number of thiophene rings is 1. The Morgan fingerprint density at radius 3 is 2.46 bits per heavy atom. The van der Waals surface area contributed by atoms with E-state index in [4.69, 9.17) is 19.6 Å². The van der Waals surface area contributed by atoms with Gasteiger partial charge in [-0.25, -0.2) is 9.59 Å². The highest BCUT2D eigenvalue weighted by molar-refractivity contribution is 7.18. The average molecular weight is 380 g/mol. The van der Waals surface area contributed by atoms with Gasteiger partial charge in [0.2, 0.25) is 0 Å². The lowest BCUT2D eigenvalue weighted by Crippen LogP contribution is -2.20. The quantitative estimate of drug-likeness (QED) is 0.738. The van der Waals surface area contributed by atoms with Gasteiger partial charge < -0.3 is 24.9 Å². The summed E-state index contributed by atoms with van der Waals surface area (Å²) < 4.78 is 15.6. The van der Waals surface area contributed by atoms with Crippen LogP contribution in [0.3, 0.4) is 0 Å². The summed E-state index contributed by atoms with van der Waals surface area (Å²) in [5.74, 6) is -0.722. The number of nitrogens with one attached hydrogen (secondary N) is 1. The molecule has 2 rings (SSSR count). The van der Waals surface area contributed by atoms with E-state index in [1.54, 1.807) is 26.8 Å². The third-order valence-corrected chi connectivity index (χ3v) is 4.62. The second-order valence-corrected chi connectivity index (χ2v) is 6.40. The van der Waals surface area contributed by atoms with E-state index >= 15 is 0 Å². The minimum Gasteiger partial charge on any atom is -0.466 e. The maximum atomic E-state index is 12.3. The van der Waals surface area contributed by atoms with Crippen molar-refractivity contribution in [3.8, 4) is 0 Å². The van der Waals surface area contributed by atoms with Crippen LogP contribution in [-0.2, 0) is 16.1 Å². The van der Waals surface area contributed by atoms with Crippen LogP contribution in [0.5, 0.6) is 0 Å². The molecule has 2 aromatic rings. The molecule has 2 heterocycles. The molecule has 9 heteroatoms. The number of amides is 1. The molecule has 0 bridgehead atoms. The van der Waals surface area contributed by atoms with E-state index < -0.39 is 17.8 Å². The number of rotatable bonds is 6. The predicted molar refractivity (Wildman–Crippen MR) is 95.4 cm³/mol. The van der Waals surface area contributed by atoms with Crippen LogP contribution in [0.15, 0.2) is 10.5 Å². The number of anilines is 1. The molecule has 0 fully saturated rings. The van der Waals surface area contributed by atoms with E-state index in [-0.39, 0.29) is 39.8 Å². The molecule has 2 aromatic heterocycles. The van der Waals surface area contributed by atoms with E-state index in [0.29, 0.717) is 11.5 Å². The largest absolute Gasteiger partial charge is 0.466 e. The Morgan fingerprint density at radius 2 is 1.92 bits per heavy atom. The van der Waals surface area contributed by atoms with Crippen molar-refractivity contribution in [1.29, 1.82) is 0 Å². The molecule has 0 spiro atoms. The molecule has 140 valence electrons. The van der Waals surface area contributed by atoms with Crippen molar-refractivity contribution in [3.63, 3.8) is 0 Å². The van der Waals surface area contributed by atoms with Crippen LogP contribution in [-0.4, -0.2) is 31.5 Å². The molecule has 0 unspecified atom stereocenters. The molecule has 0 atom stereocenters. The first-order valence-electron chi connectivity index (χ1n) is 7.84. The molecule has 26 heavy (non-hydrogen) atoms. The molecule has 1 amide bonds. The third kappa shape index (κ3) is 3.88. The maximum absolute atomic E-state index is 12.3. The SMILES string of the molecule is CCOC(=O)c1c(N)sc(C(=O)NC)c1COC(=O)c1cc(C)oc1C. The lowest BCUT2D eigenvalue weighted by molar-refractivity contribution is 0.0448. The summed E-state index contributed by atoms with van der Waals surface area (Å²) in [6.07, 6.45) is 0. The summed E-state index contributed by atoms with van der Waals surface area (Å²) in [5, 5.41) is 2.60. The molecule has 0 aromatic carbocycles. The van der Waals surface area contributed by atoms with Gasteiger partial charge in [-0.1, -0.05) is 0 Å². The van der Waals surface area contributed by atoms with Crippen molar-refractivity contribution in [1.82, 2.24) is 5.32 Å². The van der Waals surface area contributed by atoms with Crippen LogP contribution in [0.25, 0.3) is 0 Å². The van der Waals surface area contributed by atoms with Gasteiger partial charge in [-0.3, -0.25) is 4.79 Å². The minimum atomic E-state index is -0.669. The molecule has 0 aliphatic rings. The van der Waals surface area contributed by atoms with Gasteiger partial charge in [0.05, 0.1) is 6.61 Å². The Morgan fingerprint density at radius 1 is 1.23 bits per heavy atom. The molecule has 0 radical (unpaired) electrons. The van der Waals surface area contributed by atoms with Crippen LogP contribution in [0.4, 0.5) is 5.00 Å². The Labute approximate surface area is 154 Å². The molecule has 3 N–H and O–H groups in total. The van der Waals surface area contributed by atoms with Gasteiger partial charge in [0.15, 0.2) is 0 Å². The predicted octanol–water partition coefficient (Wildman–Crippen LogP) is 2.43.